The van der Waals surface area contributed by atoms with Gasteiger partial charge in [0, 0.05) is 11.5 Å². The summed E-state index contributed by atoms with van der Waals surface area (Å²) < 4.78 is 0. The van der Waals surface area contributed by atoms with Crippen molar-refractivity contribution in [1.82, 2.24) is 9.97 Å². The Morgan fingerprint density at radius 2 is 2.05 bits per heavy atom. The number of benzene rings is 1. The van der Waals surface area contributed by atoms with Crippen molar-refractivity contribution in [3.63, 3.8) is 0 Å². The highest BCUT2D eigenvalue weighted by Gasteiger charge is 2.26. The van der Waals surface area contributed by atoms with Crippen molar-refractivity contribution in [2.45, 2.75) is 38.7 Å². The number of aryl methyl sites for hydroxylation is 1. The number of fused-ring (bicyclic) bond motifs is 1. The molecule has 0 spiro atoms. The highest BCUT2D eigenvalue weighted by molar-refractivity contribution is 6.00. The molecule has 1 aromatic heterocycles. The van der Waals surface area contributed by atoms with Gasteiger partial charge in [0.05, 0.1) is 17.1 Å². The van der Waals surface area contributed by atoms with Gasteiger partial charge in [0.2, 0.25) is 0 Å². The molecule has 3 rings (SSSR count). The molecular formula is C15H18N2O2. The Kier molecular flexibility index (Phi) is 3.11. The van der Waals surface area contributed by atoms with Crippen LogP contribution in [-0.2, 0) is 0 Å². The minimum atomic E-state index is -0.221. The summed E-state index contributed by atoms with van der Waals surface area (Å²) in [5.74, 6) is 1.12. The zero-order chi connectivity index (χ0) is 13.4. The molecule has 4 nitrogen and oxygen atoms in total. The van der Waals surface area contributed by atoms with Gasteiger partial charge in [0.1, 0.15) is 5.82 Å². The number of hydrogen-bond acceptors (Lipinski definition) is 3. The summed E-state index contributed by atoms with van der Waals surface area (Å²) >= 11 is 0. The second kappa shape index (κ2) is 4.78. The number of carbonyl (C=O) groups is 1. The first-order valence-electron chi connectivity index (χ1n) is 6.82. The lowest BCUT2D eigenvalue weighted by Gasteiger charge is -2.24. The average molecular weight is 258 g/mol. The zero-order valence-corrected chi connectivity index (χ0v) is 11.0. The topological polar surface area (TPSA) is 66.0 Å². The van der Waals surface area contributed by atoms with Crippen LogP contribution in [0.15, 0.2) is 18.2 Å². The lowest BCUT2D eigenvalue weighted by molar-refractivity contribution is 0.0764. The molecule has 1 heterocycles. The molecule has 0 aliphatic heterocycles. The number of aromatic amines is 1. The van der Waals surface area contributed by atoms with Crippen LogP contribution in [0.2, 0.25) is 0 Å². The first-order valence-corrected chi connectivity index (χ1v) is 6.82. The van der Waals surface area contributed by atoms with Crippen molar-refractivity contribution in [3.05, 3.63) is 29.6 Å². The minimum Gasteiger partial charge on any atom is -0.393 e. The number of ketones is 1. The van der Waals surface area contributed by atoms with E-state index in [2.05, 4.69) is 9.97 Å². The lowest BCUT2D eigenvalue weighted by atomic mass is 9.82. The number of nitrogens with zero attached hydrogens (tertiary/aromatic N) is 1. The highest BCUT2D eigenvalue weighted by atomic mass is 16.3. The normalized spacial score (nSPS) is 23.7. The average Bonchev–Trinajstić information content (AvgIpc) is 2.77. The van der Waals surface area contributed by atoms with Gasteiger partial charge in [-0.15, -0.1) is 0 Å². The minimum absolute atomic E-state index is 0.0601. The summed E-state index contributed by atoms with van der Waals surface area (Å²) in [5, 5.41) is 9.50. The number of carbonyl (C=O) groups excluding carboxylic acids is 1. The van der Waals surface area contributed by atoms with Crippen LogP contribution in [0.1, 0.15) is 41.9 Å². The summed E-state index contributed by atoms with van der Waals surface area (Å²) in [7, 11) is 0. The number of aliphatic hydroxyl groups is 1. The standard InChI is InChI=1S/C15H18N2O2/c1-9-16-13-7-4-11(8-14(13)17-9)15(19)10-2-5-12(18)6-3-10/h4,7-8,10,12,18H,2-3,5-6H2,1H3,(H,16,17). The van der Waals surface area contributed by atoms with Gasteiger partial charge < -0.3 is 10.1 Å². The van der Waals surface area contributed by atoms with E-state index >= 15 is 0 Å². The van der Waals surface area contributed by atoms with Crippen LogP contribution in [0, 0.1) is 12.8 Å². The third-order valence-electron chi connectivity index (χ3n) is 3.95. The zero-order valence-electron chi connectivity index (χ0n) is 11.0. The van der Waals surface area contributed by atoms with Crippen LogP contribution < -0.4 is 0 Å². The van der Waals surface area contributed by atoms with E-state index in [1.807, 2.05) is 25.1 Å². The molecule has 1 saturated carbocycles. The molecular weight excluding hydrogens is 240 g/mol. The monoisotopic (exact) mass is 258 g/mol. The number of hydrogen-bond donors (Lipinski definition) is 2. The lowest BCUT2D eigenvalue weighted by Crippen LogP contribution is -2.24. The molecule has 2 N–H and O–H groups in total. The molecule has 1 aliphatic rings. The molecule has 1 fully saturated rings. The molecule has 0 unspecified atom stereocenters. The quantitative estimate of drug-likeness (QED) is 0.814. The molecule has 1 aliphatic carbocycles. The Balaban J connectivity index is 1.84. The van der Waals surface area contributed by atoms with Crippen LogP contribution in [-0.4, -0.2) is 27.0 Å². The first-order chi connectivity index (χ1) is 9.13. The van der Waals surface area contributed by atoms with E-state index in [0.717, 1.165) is 48.1 Å². The van der Waals surface area contributed by atoms with E-state index in [0.29, 0.717) is 0 Å². The van der Waals surface area contributed by atoms with Crippen LogP contribution in [0.3, 0.4) is 0 Å². The van der Waals surface area contributed by atoms with Gasteiger partial charge in [0.25, 0.3) is 0 Å². The summed E-state index contributed by atoms with van der Waals surface area (Å²) in [5.41, 5.74) is 2.56. The van der Waals surface area contributed by atoms with Crippen LogP contribution in [0.25, 0.3) is 11.0 Å². The summed E-state index contributed by atoms with van der Waals surface area (Å²) in [6.45, 7) is 1.91. The summed E-state index contributed by atoms with van der Waals surface area (Å²) in [6, 6.07) is 5.64. The third kappa shape index (κ3) is 2.40. The van der Waals surface area contributed by atoms with Crippen molar-refractivity contribution >= 4 is 16.8 Å². The fourth-order valence-corrected chi connectivity index (χ4v) is 2.86. The van der Waals surface area contributed by atoms with Gasteiger partial charge in [-0.3, -0.25) is 4.79 Å². The van der Waals surface area contributed by atoms with E-state index < -0.39 is 0 Å². The third-order valence-corrected chi connectivity index (χ3v) is 3.95. The number of Topliss-reactive ketones (excluding diaryl/α,β-unsaturated/α-hetero) is 1. The van der Waals surface area contributed by atoms with Crippen LogP contribution >= 0.6 is 0 Å². The largest absolute Gasteiger partial charge is 0.393 e. The fraction of sp³-hybridized carbons (Fsp3) is 0.467. The first kappa shape index (κ1) is 12.4. The Hall–Kier alpha value is -1.68. The molecule has 0 bridgehead atoms. The fourth-order valence-electron chi connectivity index (χ4n) is 2.86. The highest BCUT2D eigenvalue weighted by Crippen LogP contribution is 2.28. The SMILES string of the molecule is Cc1nc2ccc(C(=O)C3CCC(O)CC3)cc2[nH]1. The maximum Gasteiger partial charge on any atom is 0.166 e. The van der Waals surface area contributed by atoms with Gasteiger partial charge in [-0.05, 0) is 50.8 Å². The van der Waals surface area contributed by atoms with E-state index in [-0.39, 0.29) is 17.8 Å². The van der Waals surface area contributed by atoms with E-state index in [1.165, 1.54) is 0 Å². The Labute approximate surface area is 111 Å². The van der Waals surface area contributed by atoms with Gasteiger partial charge in [-0.25, -0.2) is 4.98 Å². The maximum absolute atomic E-state index is 12.4. The number of nitrogens with one attached hydrogen (secondary N) is 1. The molecule has 1 aromatic carbocycles. The van der Waals surface area contributed by atoms with E-state index in [9.17, 15) is 9.90 Å². The Bertz CT molecular complexity index is 610. The number of H-pyrrole nitrogens is 1. The molecule has 19 heavy (non-hydrogen) atoms. The summed E-state index contributed by atoms with van der Waals surface area (Å²) in [4.78, 5) is 19.9. The number of imidazole rings is 1. The maximum atomic E-state index is 12.4. The predicted molar refractivity (Wildman–Crippen MR) is 73.1 cm³/mol. The Morgan fingerprint density at radius 1 is 1.32 bits per heavy atom. The smallest absolute Gasteiger partial charge is 0.166 e. The van der Waals surface area contributed by atoms with Gasteiger partial charge in [-0.1, -0.05) is 0 Å². The van der Waals surface area contributed by atoms with Crippen LogP contribution in [0.5, 0.6) is 0 Å². The molecule has 0 radical (unpaired) electrons. The molecule has 0 atom stereocenters. The second-order valence-corrected chi connectivity index (χ2v) is 5.42. The van der Waals surface area contributed by atoms with Gasteiger partial charge in [0.15, 0.2) is 5.78 Å². The Morgan fingerprint density at radius 3 is 2.79 bits per heavy atom. The molecule has 0 amide bonds. The van der Waals surface area contributed by atoms with E-state index in [1.54, 1.807) is 0 Å². The molecule has 2 aromatic rings. The number of aromatic nitrogens is 2. The van der Waals surface area contributed by atoms with Gasteiger partial charge >= 0.3 is 0 Å². The van der Waals surface area contributed by atoms with Crippen molar-refractivity contribution in [3.8, 4) is 0 Å². The van der Waals surface area contributed by atoms with E-state index in [4.69, 9.17) is 0 Å². The molecule has 0 saturated heterocycles. The summed E-state index contributed by atoms with van der Waals surface area (Å²) in [6.07, 6.45) is 2.84. The van der Waals surface area contributed by atoms with Gasteiger partial charge in [-0.2, -0.15) is 0 Å². The molecule has 4 heteroatoms. The van der Waals surface area contributed by atoms with Crippen molar-refractivity contribution < 1.29 is 9.90 Å². The van der Waals surface area contributed by atoms with Crippen molar-refractivity contribution in [2.24, 2.45) is 5.92 Å². The molecule has 100 valence electrons. The number of rotatable bonds is 2. The van der Waals surface area contributed by atoms with Crippen molar-refractivity contribution in [2.75, 3.05) is 0 Å². The second-order valence-electron chi connectivity index (χ2n) is 5.42. The van der Waals surface area contributed by atoms with Crippen molar-refractivity contribution in [1.29, 1.82) is 0 Å². The number of aliphatic hydroxyl groups excluding tert-OH is 1. The predicted octanol–water partition coefficient (Wildman–Crippen LogP) is 2.61. The van der Waals surface area contributed by atoms with Crippen LogP contribution in [0.4, 0.5) is 0 Å².